The molecule has 1 aliphatic heterocycles. The van der Waals surface area contributed by atoms with Crippen LogP contribution in [0.3, 0.4) is 0 Å². The number of hydrogen-bond acceptors (Lipinski definition) is 6. The van der Waals surface area contributed by atoms with E-state index in [2.05, 4.69) is 4.74 Å². The van der Waals surface area contributed by atoms with E-state index in [1.807, 2.05) is 13.0 Å². The van der Waals surface area contributed by atoms with Gasteiger partial charge in [0.05, 0.1) is 17.6 Å². The fourth-order valence-corrected chi connectivity index (χ4v) is 3.74. The maximum Gasteiger partial charge on any atom is 0.337 e. The van der Waals surface area contributed by atoms with Gasteiger partial charge in [0, 0.05) is 18.2 Å². The zero-order valence-corrected chi connectivity index (χ0v) is 15.3. The van der Waals surface area contributed by atoms with Crippen molar-refractivity contribution in [3.05, 3.63) is 52.6 Å². The molecule has 1 fully saturated rings. The fraction of sp³-hybridized carbons (Fsp3) is 0.167. The van der Waals surface area contributed by atoms with Gasteiger partial charge in [-0.2, -0.15) is 0 Å². The van der Waals surface area contributed by atoms with Crippen molar-refractivity contribution in [1.82, 2.24) is 4.90 Å². The Hall–Kier alpha value is -2.38. The molecule has 0 atom stereocenters. The Morgan fingerprint density at radius 2 is 2.00 bits per heavy atom. The molecule has 2 aromatic rings. The maximum atomic E-state index is 12.2. The lowest BCUT2D eigenvalue weighted by Crippen LogP contribution is -2.27. The second-order valence-corrected chi connectivity index (χ2v) is 6.87. The van der Waals surface area contributed by atoms with Crippen LogP contribution in [0.1, 0.15) is 23.0 Å². The molecular formula is C18H15NO4S2. The zero-order chi connectivity index (χ0) is 18.0. The number of benzene rings is 1. The summed E-state index contributed by atoms with van der Waals surface area (Å²) in [6.45, 7) is 2.44. The highest BCUT2D eigenvalue weighted by atomic mass is 32.2. The van der Waals surface area contributed by atoms with Gasteiger partial charge in [-0.25, -0.2) is 4.79 Å². The van der Waals surface area contributed by atoms with E-state index in [9.17, 15) is 9.59 Å². The highest BCUT2D eigenvalue weighted by molar-refractivity contribution is 8.26. The summed E-state index contributed by atoms with van der Waals surface area (Å²) in [6.07, 6.45) is 1.70. The Labute approximate surface area is 154 Å². The molecule has 1 amide bonds. The lowest BCUT2D eigenvalue weighted by Gasteiger charge is -2.09. The number of likely N-dealkylation sites (N-methyl/N-ethyl adjacent to an activating group) is 1. The van der Waals surface area contributed by atoms with Gasteiger partial charge >= 0.3 is 5.97 Å². The first-order valence-electron chi connectivity index (χ1n) is 7.57. The van der Waals surface area contributed by atoms with Crippen molar-refractivity contribution in [1.29, 1.82) is 0 Å². The van der Waals surface area contributed by atoms with E-state index >= 15 is 0 Å². The summed E-state index contributed by atoms with van der Waals surface area (Å²) in [7, 11) is 1.34. The van der Waals surface area contributed by atoms with Gasteiger partial charge < -0.3 is 9.15 Å². The lowest BCUT2D eigenvalue weighted by molar-refractivity contribution is -0.122. The van der Waals surface area contributed by atoms with Crippen molar-refractivity contribution in [3.8, 4) is 11.3 Å². The Bertz CT molecular complexity index is 867. The number of carbonyl (C=O) groups is 2. The summed E-state index contributed by atoms with van der Waals surface area (Å²) < 4.78 is 11.0. The van der Waals surface area contributed by atoms with Crippen LogP contribution in [-0.4, -0.2) is 34.8 Å². The Kier molecular flexibility index (Phi) is 5.06. The van der Waals surface area contributed by atoms with E-state index in [0.717, 1.165) is 5.56 Å². The number of carbonyl (C=O) groups excluding carboxylic acids is 2. The van der Waals surface area contributed by atoms with Crippen molar-refractivity contribution in [2.75, 3.05) is 13.7 Å². The normalized spacial score (nSPS) is 15.9. The number of ether oxygens (including phenoxy) is 1. The minimum atomic E-state index is -0.385. The van der Waals surface area contributed by atoms with Crippen LogP contribution >= 0.6 is 24.0 Å². The summed E-state index contributed by atoms with van der Waals surface area (Å²) in [4.78, 5) is 25.8. The average molecular weight is 373 g/mol. The second kappa shape index (κ2) is 7.25. The quantitative estimate of drug-likeness (QED) is 0.459. The smallest absolute Gasteiger partial charge is 0.337 e. The van der Waals surface area contributed by atoms with Crippen LogP contribution in [0.15, 0.2) is 45.7 Å². The van der Waals surface area contributed by atoms with Crippen molar-refractivity contribution in [2.24, 2.45) is 0 Å². The molecule has 5 nitrogen and oxygen atoms in total. The van der Waals surface area contributed by atoms with Gasteiger partial charge in [0.25, 0.3) is 5.91 Å². The number of hydrogen-bond donors (Lipinski definition) is 0. The number of methoxy groups -OCH3 is 1. The van der Waals surface area contributed by atoms with Gasteiger partial charge in [-0.1, -0.05) is 36.1 Å². The highest BCUT2D eigenvalue weighted by Crippen LogP contribution is 2.33. The third-order valence-corrected chi connectivity index (χ3v) is 5.06. The molecule has 0 N–H and O–H groups in total. The standard InChI is InChI=1S/C18H15NO4S2/c1-3-19-16(20)15(25-18(19)24)10-13-8-9-14(23-13)11-4-6-12(7-5-11)17(21)22-2/h4-10H,3H2,1-2H3. The predicted molar refractivity (Wildman–Crippen MR) is 101 cm³/mol. The molecule has 0 unspecified atom stereocenters. The molecule has 0 radical (unpaired) electrons. The third-order valence-electron chi connectivity index (χ3n) is 3.68. The van der Waals surface area contributed by atoms with Gasteiger partial charge in [-0.15, -0.1) is 0 Å². The molecule has 1 saturated heterocycles. The lowest BCUT2D eigenvalue weighted by atomic mass is 10.1. The summed E-state index contributed by atoms with van der Waals surface area (Å²) in [5, 5.41) is 0. The van der Waals surface area contributed by atoms with Gasteiger partial charge in [-0.05, 0) is 31.2 Å². The number of rotatable bonds is 4. The minimum Gasteiger partial charge on any atom is -0.465 e. The molecule has 7 heteroatoms. The van der Waals surface area contributed by atoms with Gasteiger partial charge in [-0.3, -0.25) is 9.69 Å². The number of thiocarbonyl (C=S) groups is 1. The van der Waals surface area contributed by atoms with Crippen LogP contribution in [0.2, 0.25) is 0 Å². The number of thioether (sulfide) groups is 1. The SMILES string of the molecule is CCN1C(=O)C(=Cc2ccc(-c3ccc(C(=O)OC)cc3)o2)SC1=S. The first kappa shape index (κ1) is 17.4. The number of esters is 1. The predicted octanol–water partition coefficient (Wildman–Crippen LogP) is 3.95. The summed E-state index contributed by atoms with van der Waals surface area (Å²) in [5.41, 5.74) is 1.30. The van der Waals surface area contributed by atoms with Crippen LogP contribution in [0.25, 0.3) is 17.4 Å². The highest BCUT2D eigenvalue weighted by Gasteiger charge is 2.30. The van der Waals surface area contributed by atoms with Crippen LogP contribution < -0.4 is 0 Å². The number of nitrogens with zero attached hydrogens (tertiary/aromatic N) is 1. The molecular weight excluding hydrogens is 358 g/mol. The minimum absolute atomic E-state index is 0.0992. The first-order chi connectivity index (χ1) is 12.0. The van der Waals surface area contributed by atoms with Gasteiger partial charge in [0.2, 0.25) is 0 Å². The van der Waals surface area contributed by atoms with Gasteiger partial charge in [0.15, 0.2) is 0 Å². The second-order valence-electron chi connectivity index (χ2n) is 5.20. The molecule has 0 aliphatic carbocycles. The Morgan fingerprint density at radius 1 is 1.28 bits per heavy atom. The van der Waals surface area contributed by atoms with Crippen LogP contribution in [0, 0.1) is 0 Å². The van der Waals surface area contributed by atoms with E-state index in [1.54, 1.807) is 41.3 Å². The molecule has 0 spiro atoms. The molecule has 128 valence electrons. The molecule has 0 bridgehead atoms. The molecule has 2 heterocycles. The molecule has 1 aromatic carbocycles. The molecule has 1 aliphatic rings. The molecule has 1 aromatic heterocycles. The van der Waals surface area contributed by atoms with Crippen LogP contribution in [0.4, 0.5) is 0 Å². The van der Waals surface area contributed by atoms with E-state index < -0.39 is 0 Å². The van der Waals surface area contributed by atoms with E-state index in [0.29, 0.717) is 32.9 Å². The summed E-state index contributed by atoms with van der Waals surface area (Å²) in [5.74, 6) is 0.736. The zero-order valence-electron chi connectivity index (χ0n) is 13.6. The van der Waals surface area contributed by atoms with Crippen molar-refractivity contribution >= 4 is 46.3 Å². The largest absolute Gasteiger partial charge is 0.465 e. The monoisotopic (exact) mass is 373 g/mol. The summed E-state index contributed by atoms with van der Waals surface area (Å²) in [6, 6.07) is 10.5. The maximum absolute atomic E-state index is 12.2. The Balaban J connectivity index is 1.81. The fourth-order valence-electron chi connectivity index (χ4n) is 2.38. The molecule has 25 heavy (non-hydrogen) atoms. The van der Waals surface area contributed by atoms with E-state index in [4.69, 9.17) is 16.6 Å². The Morgan fingerprint density at radius 3 is 2.60 bits per heavy atom. The van der Waals surface area contributed by atoms with Crippen molar-refractivity contribution in [2.45, 2.75) is 6.92 Å². The molecule has 3 rings (SSSR count). The molecule has 0 saturated carbocycles. The van der Waals surface area contributed by atoms with Crippen LogP contribution in [-0.2, 0) is 9.53 Å². The third kappa shape index (κ3) is 3.52. The number of furan rings is 1. The number of amides is 1. The van der Waals surface area contributed by atoms with Crippen molar-refractivity contribution < 1.29 is 18.7 Å². The summed E-state index contributed by atoms with van der Waals surface area (Å²) >= 11 is 6.47. The van der Waals surface area contributed by atoms with Gasteiger partial charge in [0.1, 0.15) is 15.8 Å². The van der Waals surface area contributed by atoms with Crippen molar-refractivity contribution in [3.63, 3.8) is 0 Å². The van der Waals surface area contributed by atoms with E-state index in [1.165, 1.54) is 18.9 Å². The van der Waals surface area contributed by atoms with E-state index in [-0.39, 0.29) is 11.9 Å². The topological polar surface area (TPSA) is 59.8 Å². The average Bonchev–Trinajstić information content (AvgIpc) is 3.19. The van der Waals surface area contributed by atoms with Crippen LogP contribution in [0.5, 0.6) is 0 Å². The first-order valence-corrected chi connectivity index (χ1v) is 8.80.